The standard InChI is InChI=1S/C25H25NO4/c1-26(17-19-4-7-21-16-22(28-2)9-8-20(21)14-19)25(27)11-6-18-5-10-23-24(15-18)30-13-3-12-29-23/h4-11,14-16H,3,12-13,17H2,1-2H3/b11-6+. The van der Waals surface area contributed by atoms with Crippen molar-refractivity contribution in [3.05, 3.63) is 71.8 Å². The van der Waals surface area contributed by atoms with E-state index >= 15 is 0 Å². The van der Waals surface area contributed by atoms with E-state index in [1.54, 1.807) is 31.2 Å². The van der Waals surface area contributed by atoms with Gasteiger partial charge in [-0.25, -0.2) is 0 Å². The zero-order valence-corrected chi connectivity index (χ0v) is 17.3. The van der Waals surface area contributed by atoms with Gasteiger partial charge in [0.25, 0.3) is 0 Å². The van der Waals surface area contributed by atoms with Crippen molar-refractivity contribution < 1.29 is 19.0 Å². The SMILES string of the molecule is COc1ccc2cc(CN(C)C(=O)/C=C/c3ccc4c(c3)OCCCO4)ccc2c1. The van der Waals surface area contributed by atoms with Crippen LogP contribution in [0.4, 0.5) is 0 Å². The fourth-order valence-corrected chi connectivity index (χ4v) is 3.43. The van der Waals surface area contributed by atoms with Gasteiger partial charge >= 0.3 is 0 Å². The number of carbonyl (C=O) groups excluding carboxylic acids is 1. The molecule has 3 aromatic carbocycles. The largest absolute Gasteiger partial charge is 0.497 e. The van der Waals surface area contributed by atoms with Gasteiger partial charge in [0.1, 0.15) is 5.75 Å². The summed E-state index contributed by atoms with van der Waals surface area (Å²) in [6.45, 7) is 1.83. The summed E-state index contributed by atoms with van der Waals surface area (Å²) < 4.78 is 16.6. The molecule has 0 aliphatic carbocycles. The number of hydrogen-bond acceptors (Lipinski definition) is 4. The number of fused-ring (bicyclic) bond motifs is 2. The minimum atomic E-state index is -0.0584. The molecule has 0 saturated heterocycles. The molecular formula is C25H25NO4. The van der Waals surface area contributed by atoms with Crippen LogP contribution >= 0.6 is 0 Å². The Morgan fingerprint density at radius 2 is 1.77 bits per heavy atom. The highest BCUT2D eigenvalue weighted by Gasteiger charge is 2.11. The molecule has 4 rings (SSSR count). The summed E-state index contributed by atoms with van der Waals surface area (Å²) in [4.78, 5) is 14.3. The van der Waals surface area contributed by atoms with Gasteiger partial charge in [-0.15, -0.1) is 0 Å². The molecule has 3 aromatic rings. The Labute approximate surface area is 176 Å². The molecule has 5 heteroatoms. The Morgan fingerprint density at radius 1 is 1.00 bits per heavy atom. The highest BCUT2D eigenvalue weighted by Crippen LogP contribution is 2.30. The average molecular weight is 403 g/mol. The fraction of sp³-hybridized carbons (Fsp3) is 0.240. The molecule has 0 radical (unpaired) electrons. The van der Waals surface area contributed by atoms with Gasteiger partial charge < -0.3 is 19.1 Å². The maximum Gasteiger partial charge on any atom is 0.246 e. The summed E-state index contributed by atoms with van der Waals surface area (Å²) in [5.41, 5.74) is 1.98. The molecule has 0 atom stereocenters. The number of nitrogens with zero attached hydrogens (tertiary/aromatic N) is 1. The van der Waals surface area contributed by atoms with Gasteiger partial charge in [-0.3, -0.25) is 4.79 Å². The molecule has 0 N–H and O–H groups in total. The monoisotopic (exact) mass is 403 g/mol. The quantitative estimate of drug-likeness (QED) is 0.581. The third-order valence-corrected chi connectivity index (χ3v) is 5.10. The van der Waals surface area contributed by atoms with Crippen molar-refractivity contribution in [2.45, 2.75) is 13.0 Å². The van der Waals surface area contributed by atoms with Crippen LogP contribution in [0.15, 0.2) is 60.7 Å². The molecule has 154 valence electrons. The second-order valence-corrected chi connectivity index (χ2v) is 7.33. The van der Waals surface area contributed by atoms with Crippen LogP contribution in [0.25, 0.3) is 16.8 Å². The van der Waals surface area contributed by atoms with E-state index in [4.69, 9.17) is 14.2 Å². The van der Waals surface area contributed by atoms with E-state index < -0.39 is 0 Å². The van der Waals surface area contributed by atoms with Crippen LogP contribution in [0.2, 0.25) is 0 Å². The van der Waals surface area contributed by atoms with Crippen LogP contribution in [0.3, 0.4) is 0 Å². The number of ether oxygens (including phenoxy) is 3. The lowest BCUT2D eigenvalue weighted by Gasteiger charge is -2.16. The number of likely N-dealkylation sites (N-methyl/N-ethyl adjacent to an activating group) is 1. The number of methoxy groups -OCH3 is 1. The molecular weight excluding hydrogens is 378 g/mol. The molecule has 5 nitrogen and oxygen atoms in total. The van der Waals surface area contributed by atoms with E-state index in [1.165, 1.54) is 0 Å². The van der Waals surface area contributed by atoms with E-state index in [0.29, 0.717) is 19.8 Å². The van der Waals surface area contributed by atoms with Gasteiger partial charge in [-0.2, -0.15) is 0 Å². The van der Waals surface area contributed by atoms with Gasteiger partial charge in [0.15, 0.2) is 11.5 Å². The molecule has 1 amide bonds. The normalized spacial score (nSPS) is 13.3. The first-order valence-electron chi connectivity index (χ1n) is 10.0. The maximum atomic E-state index is 12.6. The Balaban J connectivity index is 1.42. The first-order valence-corrected chi connectivity index (χ1v) is 10.0. The van der Waals surface area contributed by atoms with Crippen LogP contribution in [-0.2, 0) is 11.3 Å². The second-order valence-electron chi connectivity index (χ2n) is 7.33. The summed E-state index contributed by atoms with van der Waals surface area (Å²) >= 11 is 0. The predicted molar refractivity (Wildman–Crippen MR) is 118 cm³/mol. The van der Waals surface area contributed by atoms with Crippen LogP contribution < -0.4 is 14.2 Å². The topological polar surface area (TPSA) is 48.0 Å². The number of benzene rings is 3. The summed E-state index contributed by atoms with van der Waals surface area (Å²) in [7, 11) is 3.47. The van der Waals surface area contributed by atoms with Crippen molar-refractivity contribution in [3.63, 3.8) is 0 Å². The number of amides is 1. The van der Waals surface area contributed by atoms with Crippen molar-refractivity contribution in [1.82, 2.24) is 4.90 Å². The van der Waals surface area contributed by atoms with Gasteiger partial charge in [0.2, 0.25) is 5.91 Å². The Bertz CT molecular complexity index is 1090. The van der Waals surface area contributed by atoms with Crippen molar-refractivity contribution in [3.8, 4) is 17.2 Å². The van der Waals surface area contributed by atoms with Crippen LogP contribution in [0, 0.1) is 0 Å². The predicted octanol–water partition coefficient (Wildman–Crippen LogP) is 4.68. The lowest BCUT2D eigenvalue weighted by molar-refractivity contribution is -0.125. The molecule has 0 saturated carbocycles. The molecule has 30 heavy (non-hydrogen) atoms. The summed E-state index contributed by atoms with van der Waals surface area (Å²) in [5, 5.41) is 2.23. The molecule has 1 heterocycles. The highest BCUT2D eigenvalue weighted by molar-refractivity contribution is 5.92. The van der Waals surface area contributed by atoms with Gasteiger partial charge in [-0.1, -0.05) is 24.3 Å². The van der Waals surface area contributed by atoms with Crippen LogP contribution in [0.5, 0.6) is 17.2 Å². The Kier molecular flexibility index (Phi) is 5.89. The van der Waals surface area contributed by atoms with Crippen molar-refractivity contribution in [1.29, 1.82) is 0 Å². The fourth-order valence-electron chi connectivity index (χ4n) is 3.43. The van der Waals surface area contributed by atoms with Gasteiger partial charge in [0, 0.05) is 26.1 Å². The maximum absolute atomic E-state index is 12.6. The van der Waals surface area contributed by atoms with Crippen molar-refractivity contribution in [2.75, 3.05) is 27.4 Å². The lowest BCUT2D eigenvalue weighted by atomic mass is 10.1. The molecule has 0 unspecified atom stereocenters. The average Bonchev–Trinajstić information content (AvgIpc) is 3.02. The number of hydrogen-bond donors (Lipinski definition) is 0. The van der Waals surface area contributed by atoms with E-state index in [2.05, 4.69) is 12.1 Å². The van der Waals surface area contributed by atoms with E-state index in [0.717, 1.165) is 45.6 Å². The molecule has 1 aliphatic rings. The Morgan fingerprint density at radius 3 is 2.60 bits per heavy atom. The minimum Gasteiger partial charge on any atom is -0.497 e. The number of carbonyl (C=O) groups is 1. The number of rotatable bonds is 5. The summed E-state index contributed by atoms with van der Waals surface area (Å²) in [6.07, 6.45) is 4.26. The summed E-state index contributed by atoms with van der Waals surface area (Å²) in [6, 6.07) is 17.9. The Hall–Kier alpha value is -3.47. The first kappa shape index (κ1) is 19.8. The van der Waals surface area contributed by atoms with Crippen LogP contribution in [-0.4, -0.2) is 38.2 Å². The van der Waals surface area contributed by atoms with E-state index in [9.17, 15) is 4.79 Å². The van der Waals surface area contributed by atoms with Gasteiger partial charge in [-0.05, 0) is 58.3 Å². The highest BCUT2D eigenvalue weighted by atomic mass is 16.5. The molecule has 1 aliphatic heterocycles. The van der Waals surface area contributed by atoms with Gasteiger partial charge in [0.05, 0.1) is 20.3 Å². The van der Waals surface area contributed by atoms with Crippen molar-refractivity contribution in [2.24, 2.45) is 0 Å². The molecule has 0 bridgehead atoms. The molecule has 0 spiro atoms. The lowest BCUT2D eigenvalue weighted by Crippen LogP contribution is -2.24. The minimum absolute atomic E-state index is 0.0584. The molecule has 0 fully saturated rings. The first-order chi connectivity index (χ1) is 14.6. The van der Waals surface area contributed by atoms with Crippen LogP contribution in [0.1, 0.15) is 17.5 Å². The third-order valence-electron chi connectivity index (χ3n) is 5.10. The van der Waals surface area contributed by atoms with Crippen molar-refractivity contribution >= 4 is 22.8 Å². The second kappa shape index (κ2) is 8.91. The summed E-state index contributed by atoms with van der Waals surface area (Å²) in [5.74, 6) is 2.25. The van der Waals surface area contributed by atoms with E-state index in [-0.39, 0.29) is 5.91 Å². The van der Waals surface area contributed by atoms with E-state index in [1.807, 2.05) is 42.5 Å². The smallest absolute Gasteiger partial charge is 0.246 e. The zero-order chi connectivity index (χ0) is 20.9. The molecule has 0 aromatic heterocycles. The third kappa shape index (κ3) is 4.57. The zero-order valence-electron chi connectivity index (χ0n) is 17.3.